The molecule has 0 unspecified atom stereocenters. The van der Waals surface area contributed by atoms with Crippen LogP contribution < -0.4 is 10.3 Å². The van der Waals surface area contributed by atoms with Gasteiger partial charge in [0.1, 0.15) is 5.75 Å². The Balaban J connectivity index is 1.92. The number of rotatable bonds is 6. The van der Waals surface area contributed by atoms with Gasteiger partial charge in [-0.05, 0) is 35.4 Å². The second-order valence-corrected chi connectivity index (χ2v) is 7.03. The van der Waals surface area contributed by atoms with E-state index in [-0.39, 0.29) is 11.3 Å². The van der Waals surface area contributed by atoms with Gasteiger partial charge in [0, 0.05) is 28.6 Å². The number of benzene rings is 3. The van der Waals surface area contributed by atoms with E-state index in [9.17, 15) is 19.7 Å². The minimum Gasteiger partial charge on any atom is -0.497 e. The first kappa shape index (κ1) is 20.7. The quantitative estimate of drug-likeness (QED) is 0.202. The molecule has 0 radical (unpaired) electrons. The molecule has 0 amide bonds. The standard InChI is InChI=1S/C25H18N2O5/c1-32-19-9-5-6-16(14-19)10-13-22(28)24-23(17-7-3-2-4-8-17)20-15-18(27(30)31)11-12-21(20)26-25(24)29/h2-15H,1H3,(H,26,29)/b13-10+. The number of nitro benzene ring substituents is 1. The number of aromatic amines is 1. The van der Waals surface area contributed by atoms with Gasteiger partial charge in [0.2, 0.25) is 0 Å². The van der Waals surface area contributed by atoms with Gasteiger partial charge in [-0.3, -0.25) is 19.7 Å². The maximum atomic E-state index is 13.2. The van der Waals surface area contributed by atoms with E-state index in [1.54, 1.807) is 61.7 Å². The Bertz CT molecular complexity index is 1420. The molecule has 1 heterocycles. The predicted octanol–water partition coefficient (Wildman–Crippen LogP) is 5.01. The van der Waals surface area contributed by atoms with Crippen molar-refractivity contribution >= 4 is 28.4 Å². The van der Waals surface area contributed by atoms with Crippen molar-refractivity contribution in [3.05, 3.63) is 110 Å². The number of fused-ring (bicyclic) bond motifs is 1. The summed E-state index contributed by atoms with van der Waals surface area (Å²) < 4.78 is 5.19. The van der Waals surface area contributed by atoms with Gasteiger partial charge < -0.3 is 9.72 Å². The van der Waals surface area contributed by atoms with Crippen molar-refractivity contribution in [3.63, 3.8) is 0 Å². The van der Waals surface area contributed by atoms with Crippen LogP contribution in [0.15, 0.2) is 83.7 Å². The number of non-ortho nitro benzene ring substituents is 1. The number of ketones is 1. The van der Waals surface area contributed by atoms with Crippen molar-refractivity contribution in [2.75, 3.05) is 7.11 Å². The van der Waals surface area contributed by atoms with Crippen molar-refractivity contribution in [2.24, 2.45) is 0 Å². The lowest BCUT2D eigenvalue weighted by Gasteiger charge is -2.11. The van der Waals surface area contributed by atoms with Crippen LogP contribution in [0.4, 0.5) is 5.69 Å². The number of carbonyl (C=O) groups is 1. The van der Waals surface area contributed by atoms with Crippen LogP contribution in [0.1, 0.15) is 15.9 Å². The molecule has 0 spiro atoms. The minimum atomic E-state index is -0.564. The third-order valence-electron chi connectivity index (χ3n) is 5.04. The molecule has 0 aliphatic heterocycles. The summed E-state index contributed by atoms with van der Waals surface area (Å²) in [7, 11) is 1.55. The van der Waals surface area contributed by atoms with E-state index in [1.807, 2.05) is 6.07 Å². The van der Waals surface area contributed by atoms with Crippen molar-refractivity contribution in [3.8, 4) is 16.9 Å². The van der Waals surface area contributed by atoms with Gasteiger partial charge in [0.25, 0.3) is 11.2 Å². The Kier molecular flexibility index (Phi) is 5.63. The number of pyridine rings is 1. The molecular formula is C25H18N2O5. The molecule has 0 aliphatic carbocycles. The molecule has 0 saturated carbocycles. The highest BCUT2D eigenvalue weighted by molar-refractivity contribution is 6.15. The summed E-state index contributed by atoms with van der Waals surface area (Å²) in [6.45, 7) is 0. The molecule has 7 heteroatoms. The Morgan fingerprint density at radius 1 is 1.03 bits per heavy atom. The maximum Gasteiger partial charge on any atom is 0.270 e. The fourth-order valence-electron chi connectivity index (χ4n) is 3.53. The normalized spacial score (nSPS) is 11.0. The Morgan fingerprint density at radius 2 is 1.81 bits per heavy atom. The zero-order chi connectivity index (χ0) is 22.7. The van der Waals surface area contributed by atoms with Gasteiger partial charge in [-0.25, -0.2) is 0 Å². The Morgan fingerprint density at radius 3 is 2.53 bits per heavy atom. The van der Waals surface area contributed by atoms with E-state index < -0.39 is 16.3 Å². The molecule has 0 aliphatic rings. The van der Waals surface area contributed by atoms with Crippen LogP contribution in [0, 0.1) is 10.1 Å². The number of aromatic nitrogens is 1. The third kappa shape index (κ3) is 4.04. The summed E-state index contributed by atoms with van der Waals surface area (Å²) in [6.07, 6.45) is 2.91. The summed E-state index contributed by atoms with van der Waals surface area (Å²) in [5.41, 5.74) is 1.33. The number of nitrogens with zero attached hydrogens (tertiary/aromatic N) is 1. The number of H-pyrrole nitrogens is 1. The second-order valence-electron chi connectivity index (χ2n) is 7.03. The number of allylic oxidation sites excluding steroid dienone is 1. The van der Waals surface area contributed by atoms with E-state index in [4.69, 9.17) is 4.74 Å². The number of nitro groups is 1. The van der Waals surface area contributed by atoms with E-state index in [2.05, 4.69) is 4.98 Å². The van der Waals surface area contributed by atoms with Gasteiger partial charge in [-0.1, -0.05) is 48.5 Å². The number of carbonyl (C=O) groups excluding carboxylic acids is 1. The Labute approximate surface area is 182 Å². The van der Waals surface area contributed by atoms with Crippen molar-refractivity contribution in [1.82, 2.24) is 4.98 Å². The number of ether oxygens (including phenoxy) is 1. The topological polar surface area (TPSA) is 102 Å². The molecule has 7 nitrogen and oxygen atoms in total. The molecular weight excluding hydrogens is 408 g/mol. The largest absolute Gasteiger partial charge is 0.497 e. The Hall–Kier alpha value is -4.52. The summed E-state index contributed by atoms with van der Waals surface area (Å²) in [5, 5.41) is 11.8. The third-order valence-corrected chi connectivity index (χ3v) is 5.04. The highest BCUT2D eigenvalue weighted by atomic mass is 16.6. The molecule has 4 aromatic rings. The molecule has 32 heavy (non-hydrogen) atoms. The molecule has 1 aromatic heterocycles. The van der Waals surface area contributed by atoms with Crippen molar-refractivity contribution in [1.29, 1.82) is 0 Å². The molecule has 0 saturated heterocycles. The van der Waals surface area contributed by atoms with Gasteiger partial charge in [-0.15, -0.1) is 0 Å². The first-order valence-corrected chi connectivity index (χ1v) is 9.74. The van der Waals surface area contributed by atoms with Crippen molar-refractivity contribution < 1.29 is 14.5 Å². The van der Waals surface area contributed by atoms with Crippen LogP contribution in [0.5, 0.6) is 5.75 Å². The molecule has 0 atom stereocenters. The first-order chi connectivity index (χ1) is 15.5. The number of nitrogens with one attached hydrogen (secondary N) is 1. The zero-order valence-electron chi connectivity index (χ0n) is 17.1. The predicted molar refractivity (Wildman–Crippen MR) is 123 cm³/mol. The van der Waals surface area contributed by atoms with Crippen LogP contribution in [0.2, 0.25) is 0 Å². The summed E-state index contributed by atoms with van der Waals surface area (Å²) in [6, 6.07) is 20.2. The van der Waals surface area contributed by atoms with Crippen LogP contribution in [0.25, 0.3) is 28.1 Å². The first-order valence-electron chi connectivity index (χ1n) is 9.74. The summed E-state index contributed by atoms with van der Waals surface area (Å²) in [4.78, 5) is 39.6. The summed E-state index contributed by atoms with van der Waals surface area (Å²) in [5.74, 6) is 0.127. The minimum absolute atomic E-state index is 0.0802. The van der Waals surface area contributed by atoms with E-state index >= 15 is 0 Å². The number of hydrogen-bond donors (Lipinski definition) is 1. The van der Waals surface area contributed by atoms with Gasteiger partial charge in [0.05, 0.1) is 17.6 Å². The van der Waals surface area contributed by atoms with Crippen LogP contribution >= 0.6 is 0 Å². The van der Waals surface area contributed by atoms with Crippen molar-refractivity contribution in [2.45, 2.75) is 0 Å². The SMILES string of the molecule is COc1cccc(/C=C/C(=O)c2c(-c3ccccc3)c3cc([N+](=O)[O-])ccc3[nH]c2=O)c1. The zero-order valence-corrected chi connectivity index (χ0v) is 17.1. The van der Waals surface area contributed by atoms with E-state index in [0.29, 0.717) is 27.8 Å². The molecule has 0 fully saturated rings. The van der Waals surface area contributed by atoms with Crippen LogP contribution in [-0.2, 0) is 0 Å². The smallest absolute Gasteiger partial charge is 0.270 e. The monoisotopic (exact) mass is 426 g/mol. The lowest BCUT2D eigenvalue weighted by Crippen LogP contribution is -2.18. The molecule has 158 valence electrons. The average molecular weight is 426 g/mol. The molecule has 4 rings (SSSR count). The number of methoxy groups -OCH3 is 1. The van der Waals surface area contributed by atoms with Crippen LogP contribution in [0.3, 0.4) is 0 Å². The maximum absolute atomic E-state index is 13.2. The van der Waals surface area contributed by atoms with Gasteiger partial charge in [0.15, 0.2) is 5.78 Å². The molecule has 3 aromatic carbocycles. The molecule has 1 N–H and O–H groups in total. The van der Waals surface area contributed by atoms with Gasteiger partial charge in [-0.2, -0.15) is 0 Å². The van der Waals surface area contributed by atoms with E-state index in [1.165, 1.54) is 24.3 Å². The lowest BCUT2D eigenvalue weighted by atomic mass is 9.93. The fraction of sp³-hybridized carbons (Fsp3) is 0.0400. The highest BCUT2D eigenvalue weighted by Gasteiger charge is 2.21. The second kappa shape index (κ2) is 8.69. The van der Waals surface area contributed by atoms with Gasteiger partial charge >= 0.3 is 0 Å². The molecule has 0 bridgehead atoms. The average Bonchev–Trinajstić information content (AvgIpc) is 2.82. The lowest BCUT2D eigenvalue weighted by molar-refractivity contribution is -0.384. The highest BCUT2D eigenvalue weighted by Crippen LogP contribution is 2.32. The summed E-state index contributed by atoms with van der Waals surface area (Å²) >= 11 is 0. The van der Waals surface area contributed by atoms with E-state index in [0.717, 1.165) is 5.56 Å². The number of hydrogen-bond acceptors (Lipinski definition) is 5. The van der Waals surface area contributed by atoms with Crippen LogP contribution in [-0.4, -0.2) is 22.8 Å². The fourth-order valence-corrected chi connectivity index (χ4v) is 3.53.